The van der Waals surface area contributed by atoms with E-state index in [0.717, 1.165) is 22.4 Å². The first-order valence-electron chi connectivity index (χ1n) is 12.6. The fourth-order valence-electron chi connectivity index (χ4n) is 4.47. The molecule has 1 fully saturated rings. The molecule has 0 spiro atoms. The zero-order valence-electron chi connectivity index (χ0n) is 21.1. The Kier molecular flexibility index (Phi) is 8.51. The maximum absolute atomic E-state index is 12.7. The number of pyridine rings is 1. The highest BCUT2D eigenvalue weighted by atomic mass is 32.2. The van der Waals surface area contributed by atoms with Gasteiger partial charge in [0.15, 0.2) is 6.29 Å². The van der Waals surface area contributed by atoms with Crippen LogP contribution in [0, 0.1) is 5.92 Å². The quantitative estimate of drug-likeness (QED) is 0.258. The van der Waals surface area contributed by atoms with Crippen LogP contribution in [0.2, 0.25) is 0 Å². The molecule has 4 unspecified atom stereocenters. The van der Waals surface area contributed by atoms with Gasteiger partial charge in [-0.2, -0.15) is 0 Å². The largest absolute Gasteiger partial charge is 0.392 e. The summed E-state index contributed by atoms with van der Waals surface area (Å²) >= 11 is 1.76. The van der Waals surface area contributed by atoms with Crippen molar-refractivity contribution in [2.24, 2.45) is 5.92 Å². The lowest BCUT2D eigenvalue weighted by Crippen LogP contribution is -2.38. The van der Waals surface area contributed by atoms with Crippen LogP contribution in [0.25, 0.3) is 0 Å². The second-order valence-electron chi connectivity index (χ2n) is 9.27. The maximum atomic E-state index is 12.7. The van der Waals surface area contributed by atoms with Crippen molar-refractivity contribution < 1.29 is 19.4 Å². The Bertz CT molecular complexity index is 1340. The number of carbonyl (C=O) groups excluding carboxylic acids is 1. The normalized spacial score (nSPS) is 21.1. The van der Waals surface area contributed by atoms with Gasteiger partial charge in [0.05, 0.1) is 24.4 Å². The van der Waals surface area contributed by atoms with Crippen LogP contribution in [0.1, 0.15) is 46.4 Å². The van der Waals surface area contributed by atoms with Crippen molar-refractivity contribution in [1.82, 2.24) is 4.98 Å². The average molecular weight is 527 g/mol. The van der Waals surface area contributed by atoms with Crippen LogP contribution in [0.5, 0.6) is 0 Å². The molecule has 2 heterocycles. The molecule has 5 rings (SSSR count). The molecule has 2 N–H and O–H groups in total. The molecule has 1 saturated heterocycles. The molecule has 0 radical (unpaired) electrons. The predicted molar refractivity (Wildman–Crippen MR) is 149 cm³/mol. The van der Waals surface area contributed by atoms with Gasteiger partial charge in [0.1, 0.15) is 0 Å². The molecule has 0 aliphatic carbocycles. The second kappa shape index (κ2) is 12.4. The van der Waals surface area contributed by atoms with E-state index in [1.165, 1.54) is 11.1 Å². The maximum Gasteiger partial charge on any atom is 0.257 e. The molecule has 194 valence electrons. The standard InChI is InChI=1S/C31H30N2O4S/c1-21-28(20-38-27-10-3-2-4-11-27)36-31(37-29(21)23-14-12-22(19-34)13-15-23)24-7-5-9-26(17-24)33-30(35)25-8-6-16-32-18-25/h2-18,21,28-29,31,34H,19-20H2,1H3,(H,33,35). The van der Waals surface area contributed by atoms with Crippen molar-refractivity contribution in [2.45, 2.75) is 36.9 Å². The first kappa shape index (κ1) is 26.1. The van der Waals surface area contributed by atoms with Crippen molar-refractivity contribution in [3.63, 3.8) is 0 Å². The summed E-state index contributed by atoms with van der Waals surface area (Å²) in [4.78, 5) is 17.9. The highest BCUT2D eigenvalue weighted by Crippen LogP contribution is 2.43. The highest BCUT2D eigenvalue weighted by molar-refractivity contribution is 7.99. The summed E-state index contributed by atoms with van der Waals surface area (Å²) in [5.74, 6) is 0.637. The lowest BCUT2D eigenvalue weighted by Gasteiger charge is -2.41. The summed E-state index contributed by atoms with van der Waals surface area (Å²) in [5, 5.41) is 12.4. The van der Waals surface area contributed by atoms with E-state index in [9.17, 15) is 9.90 Å². The minimum absolute atomic E-state index is 0.000983. The number of carbonyl (C=O) groups is 1. The van der Waals surface area contributed by atoms with Crippen LogP contribution in [-0.4, -0.2) is 27.9 Å². The van der Waals surface area contributed by atoms with Crippen LogP contribution >= 0.6 is 11.8 Å². The van der Waals surface area contributed by atoms with Gasteiger partial charge in [0.2, 0.25) is 0 Å². The number of rotatable bonds is 8. The third-order valence-corrected chi connectivity index (χ3v) is 7.72. The number of hydrogen-bond acceptors (Lipinski definition) is 6. The monoisotopic (exact) mass is 526 g/mol. The number of thioether (sulfide) groups is 1. The zero-order chi connectivity index (χ0) is 26.3. The number of aliphatic hydroxyl groups excluding tert-OH is 1. The molecule has 4 atom stereocenters. The number of ether oxygens (including phenoxy) is 2. The minimum Gasteiger partial charge on any atom is -0.392 e. The third kappa shape index (κ3) is 6.31. The number of aliphatic hydroxyl groups is 1. The van der Waals surface area contributed by atoms with Gasteiger partial charge in [-0.3, -0.25) is 9.78 Å². The molecule has 7 heteroatoms. The molecule has 0 bridgehead atoms. The van der Waals surface area contributed by atoms with E-state index in [1.807, 2.05) is 66.7 Å². The second-order valence-corrected chi connectivity index (χ2v) is 10.4. The topological polar surface area (TPSA) is 80.7 Å². The summed E-state index contributed by atoms with van der Waals surface area (Å²) in [6.07, 6.45) is 2.29. The Balaban J connectivity index is 1.38. The van der Waals surface area contributed by atoms with E-state index in [2.05, 4.69) is 29.4 Å². The fourth-order valence-corrected chi connectivity index (χ4v) is 5.56. The molecular formula is C31H30N2O4S. The summed E-state index contributed by atoms with van der Waals surface area (Å²) in [6.45, 7) is 2.16. The molecule has 1 aliphatic heterocycles. The summed E-state index contributed by atoms with van der Waals surface area (Å²) in [5.41, 5.74) is 3.87. The van der Waals surface area contributed by atoms with Crippen LogP contribution in [-0.2, 0) is 16.1 Å². The number of nitrogens with zero attached hydrogens (tertiary/aromatic N) is 1. The van der Waals surface area contributed by atoms with E-state index in [0.29, 0.717) is 11.3 Å². The molecule has 3 aromatic carbocycles. The Morgan fingerprint density at radius 3 is 2.50 bits per heavy atom. The van der Waals surface area contributed by atoms with E-state index in [1.54, 1.807) is 30.1 Å². The van der Waals surface area contributed by atoms with E-state index < -0.39 is 6.29 Å². The number of aromatic nitrogens is 1. The Hall–Kier alpha value is -3.49. The number of benzene rings is 3. The number of hydrogen-bond donors (Lipinski definition) is 2. The lowest BCUT2D eigenvalue weighted by atomic mass is 9.91. The molecule has 6 nitrogen and oxygen atoms in total. The predicted octanol–water partition coefficient (Wildman–Crippen LogP) is 6.41. The molecule has 0 saturated carbocycles. The van der Waals surface area contributed by atoms with E-state index in [-0.39, 0.29) is 30.6 Å². The zero-order valence-corrected chi connectivity index (χ0v) is 21.9. The van der Waals surface area contributed by atoms with Crippen LogP contribution in [0.15, 0.2) is 108 Å². The lowest BCUT2D eigenvalue weighted by molar-refractivity contribution is -0.268. The molecule has 38 heavy (non-hydrogen) atoms. The molecule has 1 amide bonds. The highest BCUT2D eigenvalue weighted by Gasteiger charge is 2.38. The van der Waals surface area contributed by atoms with Gasteiger partial charge in [-0.1, -0.05) is 61.5 Å². The van der Waals surface area contributed by atoms with Crippen LogP contribution < -0.4 is 5.32 Å². The van der Waals surface area contributed by atoms with Gasteiger partial charge >= 0.3 is 0 Å². The van der Waals surface area contributed by atoms with E-state index in [4.69, 9.17) is 9.47 Å². The van der Waals surface area contributed by atoms with Crippen molar-refractivity contribution in [3.8, 4) is 0 Å². The Labute approximate surface area is 227 Å². The van der Waals surface area contributed by atoms with Gasteiger partial charge in [-0.05, 0) is 47.5 Å². The third-order valence-electron chi connectivity index (χ3n) is 6.62. The number of nitrogens with one attached hydrogen (secondary N) is 1. The SMILES string of the molecule is CC1C(CSc2ccccc2)OC(c2cccc(NC(=O)c3cccnc3)c2)OC1c1ccc(CO)cc1. The molecular weight excluding hydrogens is 496 g/mol. The van der Waals surface area contributed by atoms with Crippen molar-refractivity contribution in [2.75, 3.05) is 11.1 Å². The van der Waals surface area contributed by atoms with Crippen LogP contribution in [0.4, 0.5) is 5.69 Å². The smallest absolute Gasteiger partial charge is 0.257 e. The summed E-state index contributed by atoms with van der Waals surface area (Å²) in [7, 11) is 0. The number of amides is 1. The fraction of sp³-hybridized carbons (Fsp3) is 0.226. The first-order chi connectivity index (χ1) is 18.6. The molecule has 1 aliphatic rings. The van der Waals surface area contributed by atoms with Gasteiger partial charge in [-0.15, -0.1) is 11.8 Å². The van der Waals surface area contributed by atoms with Crippen molar-refractivity contribution >= 4 is 23.4 Å². The average Bonchev–Trinajstić information content (AvgIpc) is 2.98. The van der Waals surface area contributed by atoms with Crippen molar-refractivity contribution in [1.29, 1.82) is 0 Å². The van der Waals surface area contributed by atoms with Crippen molar-refractivity contribution in [3.05, 3.63) is 126 Å². The van der Waals surface area contributed by atoms with Crippen LogP contribution in [0.3, 0.4) is 0 Å². The number of anilines is 1. The van der Waals surface area contributed by atoms with Gasteiger partial charge < -0.3 is 19.9 Å². The van der Waals surface area contributed by atoms with Gasteiger partial charge in [0.25, 0.3) is 5.91 Å². The molecule has 1 aromatic heterocycles. The first-order valence-corrected chi connectivity index (χ1v) is 13.6. The molecule has 4 aromatic rings. The van der Waals surface area contributed by atoms with Gasteiger partial charge in [0, 0.05) is 40.2 Å². The summed E-state index contributed by atoms with van der Waals surface area (Å²) < 4.78 is 13.1. The summed E-state index contributed by atoms with van der Waals surface area (Å²) in [6, 6.07) is 29.2. The van der Waals surface area contributed by atoms with E-state index >= 15 is 0 Å². The Morgan fingerprint density at radius 1 is 0.947 bits per heavy atom. The minimum atomic E-state index is -0.606. The van der Waals surface area contributed by atoms with Gasteiger partial charge in [-0.25, -0.2) is 0 Å². The Morgan fingerprint density at radius 2 is 1.76 bits per heavy atom.